The molecule has 1 fully saturated rings. The minimum atomic E-state index is -3.75. The van der Waals surface area contributed by atoms with Crippen LogP contribution in [0.4, 0.5) is 0 Å². The number of tetrazole rings is 1. The van der Waals surface area contributed by atoms with E-state index < -0.39 is 15.1 Å². The molecule has 1 amide bonds. The van der Waals surface area contributed by atoms with E-state index in [2.05, 4.69) is 15.5 Å². The highest BCUT2D eigenvalue weighted by atomic mass is 32.2. The molecule has 8 nitrogen and oxygen atoms in total. The highest BCUT2D eigenvalue weighted by molar-refractivity contribution is 7.92. The number of hydrogen-bond donors (Lipinski definition) is 0. The third kappa shape index (κ3) is 4.18. The number of aromatic nitrogens is 4. The third-order valence-corrected chi connectivity index (χ3v) is 7.07. The second kappa shape index (κ2) is 8.16. The number of benzene rings is 1. The van der Waals surface area contributed by atoms with Gasteiger partial charge in [-0.05, 0) is 55.2 Å². The maximum Gasteiger partial charge on any atom is 0.240 e. The van der Waals surface area contributed by atoms with Crippen molar-refractivity contribution in [2.24, 2.45) is 0 Å². The summed E-state index contributed by atoms with van der Waals surface area (Å²) in [4.78, 5) is 14.6. The predicted molar refractivity (Wildman–Crippen MR) is 101 cm³/mol. The largest absolute Gasteiger partial charge is 0.339 e. The molecule has 1 saturated heterocycles. The van der Waals surface area contributed by atoms with Crippen molar-refractivity contribution in [1.82, 2.24) is 25.1 Å². The zero-order valence-electron chi connectivity index (χ0n) is 15.7. The van der Waals surface area contributed by atoms with Crippen molar-refractivity contribution in [2.45, 2.75) is 56.6 Å². The summed E-state index contributed by atoms with van der Waals surface area (Å²) >= 11 is 0. The fraction of sp³-hybridized carbons (Fsp3) is 0.556. The van der Waals surface area contributed by atoms with Gasteiger partial charge < -0.3 is 4.90 Å². The van der Waals surface area contributed by atoms with Crippen LogP contribution in [0, 0.1) is 0 Å². The van der Waals surface area contributed by atoms with Crippen LogP contribution in [0.2, 0.25) is 0 Å². The monoisotopic (exact) mass is 391 g/mol. The first-order valence-corrected chi connectivity index (χ1v) is 11.0. The van der Waals surface area contributed by atoms with Gasteiger partial charge in [0.25, 0.3) is 0 Å². The lowest BCUT2D eigenvalue weighted by molar-refractivity contribution is -0.134. The molecule has 27 heavy (non-hydrogen) atoms. The summed E-state index contributed by atoms with van der Waals surface area (Å²) in [5, 5.41) is 10.2. The molecule has 0 radical (unpaired) electrons. The molecule has 0 saturated carbocycles. The molecule has 2 atom stereocenters. The van der Waals surface area contributed by atoms with Crippen LogP contribution in [0.3, 0.4) is 0 Å². The van der Waals surface area contributed by atoms with Crippen molar-refractivity contribution < 1.29 is 13.2 Å². The first-order valence-electron chi connectivity index (χ1n) is 9.28. The Balaban J connectivity index is 1.79. The van der Waals surface area contributed by atoms with E-state index in [4.69, 9.17) is 0 Å². The molecule has 0 unspecified atom stereocenters. The molecule has 0 N–H and O–H groups in total. The fourth-order valence-corrected chi connectivity index (χ4v) is 4.71. The maximum absolute atomic E-state index is 12.9. The first kappa shape index (κ1) is 19.5. The smallest absolute Gasteiger partial charge is 0.240 e. The van der Waals surface area contributed by atoms with Crippen LogP contribution in [0.15, 0.2) is 30.3 Å². The van der Waals surface area contributed by atoms with Gasteiger partial charge in [0.05, 0.1) is 5.69 Å². The molecule has 0 aliphatic carbocycles. The molecule has 1 aliphatic rings. The van der Waals surface area contributed by atoms with Crippen molar-refractivity contribution in [1.29, 1.82) is 0 Å². The minimum absolute atomic E-state index is 0.124. The Bertz CT molecular complexity index is 881. The molecule has 1 aromatic carbocycles. The molecular weight excluding hydrogens is 366 g/mol. The second-order valence-electron chi connectivity index (χ2n) is 6.88. The van der Waals surface area contributed by atoms with Gasteiger partial charge in [-0.15, -0.1) is 5.10 Å². The molecule has 146 valence electrons. The van der Waals surface area contributed by atoms with Gasteiger partial charge in [-0.2, -0.15) is 4.68 Å². The Morgan fingerprint density at radius 3 is 2.70 bits per heavy atom. The van der Waals surface area contributed by atoms with E-state index in [0.717, 1.165) is 25.7 Å². The number of rotatable bonds is 6. The van der Waals surface area contributed by atoms with Gasteiger partial charge in [0.1, 0.15) is 11.0 Å². The quantitative estimate of drug-likeness (QED) is 0.744. The lowest BCUT2D eigenvalue weighted by Crippen LogP contribution is -2.49. The Kier molecular flexibility index (Phi) is 5.88. The molecule has 2 heterocycles. The Hall–Kier alpha value is -2.29. The van der Waals surface area contributed by atoms with E-state index in [1.807, 2.05) is 25.1 Å². The highest BCUT2D eigenvalue weighted by Crippen LogP contribution is 2.23. The molecule has 1 aromatic heterocycles. The fourth-order valence-electron chi connectivity index (χ4n) is 3.47. The second-order valence-corrected chi connectivity index (χ2v) is 9.20. The van der Waals surface area contributed by atoms with Crippen LogP contribution in [0.25, 0.3) is 5.69 Å². The van der Waals surface area contributed by atoms with Crippen molar-refractivity contribution in [2.75, 3.05) is 6.54 Å². The number of carbonyl (C=O) groups is 1. The van der Waals surface area contributed by atoms with E-state index in [-0.39, 0.29) is 23.5 Å². The molecule has 0 bridgehead atoms. The van der Waals surface area contributed by atoms with Gasteiger partial charge in [0.15, 0.2) is 15.7 Å². The topological polar surface area (TPSA) is 98.1 Å². The standard InChI is InChI=1S/C18H25N5O3S/c1-3-15-9-7-8-12-22(15)18(24)14(2)27(25,26)13-17-19-20-21-23(17)16-10-5-4-6-11-16/h4-6,10-11,14-15H,3,7-9,12-13H2,1-2H3/t14-,15+/m1/s1. The van der Waals surface area contributed by atoms with Gasteiger partial charge in [-0.1, -0.05) is 25.1 Å². The number of sulfone groups is 1. The van der Waals surface area contributed by atoms with Gasteiger partial charge in [-0.3, -0.25) is 4.79 Å². The van der Waals surface area contributed by atoms with Crippen LogP contribution in [-0.2, 0) is 20.4 Å². The van der Waals surface area contributed by atoms with Gasteiger partial charge in [0, 0.05) is 12.6 Å². The van der Waals surface area contributed by atoms with E-state index in [9.17, 15) is 13.2 Å². The number of likely N-dealkylation sites (tertiary alicyclic amines) is 1. The average Bonchev–Trinajstić information content (AvgIpc) is 3.14. The van der Waals surface area contributed by atoms with Crippen molar-refractivity contribution in [3.8, 4) is 5.69 Å². The third-order valence-electron chi connectivity index (χ3n) is 5.13. The summed E-state index contributed by atoms with van der Waals surface area (Å²) < 4.78 is 27.2. The molecular formula is C18H25N5O3S. The van der Waals surface area contributed by atoms with E-state index >= 15 is 0 Å². The highest BCUT2D eigenvalue weighted by Gasteiger charge is 2.36. The van der Waals surface area contributed by atoms with Gasteiger partial charge >= 0.3 is 0 Å². The Labute approximate surface area is 159 Å². The van der Waals surface area contributed by atoms with Crippen LogP contribution in [0.1, 0.15) is 45.4 Å². The zero-order chi connectivity index (χ0) is 19.4. The summed E-state index contributed by atoms with van der Waals surface area (Å²) in [6.07, 6.45) is 3.77. The molecule has 9 heteroatoms. The van der Waals surface area contributed by atoms with E-state index in [1.165, 1.54) is 11.6 Å². The Morgan fingerprint density at radius 2 is 2.00 bits per heavy atom. The number of amides is 1. The normalized spacial score (nSPS) is 19.0. The number of piperidine rings is 1. The Morgan fingerprint density at radius 1 is 1.26 bits per heavy atom. The first-order chi connectivity index (χ1) is 12.9. The van der Waals surface area contributed by atoms with Crippen molar-refractivity contribution in [3.63, 3.8) is 0 Å². The summed E-state index contributed by atoms with van der Waals surface area (Å²) in [5.74, 6) is -0.501. The number of carbonyl (C=O) groups excluding carboxylic acids is 1. The zero-order valence-corrected chi connectivity index (χ0v) is 16.5. The van der Waals surface area contributed by atoms with E-state index in [0.29, 0.717) is 12.2 Å². The number of nitrogens with zero attached hydrogens (tertiary/aromatic N) is 5. The molecule has 2 aromatic rings. The molecule has 3 rings (SSSR count). The summed E-state index contributed by atoms with van der Waals surface area (Å²) in [6.45, 7) is 4.12. The number of para-hydroxylation sites is 1. The minimum Gasteiger partial charge on any atom is -0.339 e. The lowest BCUT2D eigenvalue weighted by Gasteiger charge is -2.36. The van der Waals surface area contributed by atoms with Gasteiger partial charge in [-0.25, -0.2) is 8.42 Å². The van der Waals surface area contributed by atoms with Crippen molar-refractivity contribution >= 4 is 15.7 Å². The summed E-state index contributed by atoms with van der Waals surface area (Å²) in [7, 11) is -3.75. The van der Waals surface area contributed by atoms with Crippen LogP contribution < -0.4 is 0 Å². The molecule has 1 aliphatic heterocycles. The van der Waals surface area contributed by atoms with Crippen LogP contribution in [-0.4, -0.2) is 57.3 Å². The number of hydrogen-bond acceptors (Lipinski definition) is 6. The SMILES string of the molecule is CC[C@H]1CCCCN1C(=O)[C@@H](C)S(=O)(=O)Cc1nnnn1-c1ccccc1. The summed E-state index contributed by atoms with van der Waals surface area (Å²) in [5.41, 5.74) is 0.675. The summed E-state index contributed by atoms with van der Waals surface area (Å²) in [6, 6.07) is 9.21. The maximum atomic E-state index is 12.9. The van der Waals surface area contributed by atoms with Gasteiger partial charge in [0.2, 0.25) is 5.91 Å². The average molecular weight is 391 g/mol. The predicted octanol–water partition coefficient (Wildman–Crippen LogP) is 1.76. The molecule has 0 spiro atoms. The van der Waals surface area contributed by atoms with Crippen LogP contribution in [0.5, 0.6) is 0 Å². The van der Waals surface area contributed by atoms with Crippen molar-refractivity contribution in [3.05, 3.63) is 36.2 Å². The lowest BCUT2D eigenvalue weighted by atomic mass is 10.00. The van der Waals surface area contributed by atoms with E-state index in [1.54, 1.807) is 17.0 Å². The van der Waals surface area contributed by atoms with Crippen LogP contribution >= 0.6 is 0 Å².